The van der Waals surface area contributed by atoms with Crippen LogP contribution >= 0.6 is 11.6 Å². The Labute approximate surface area is 137 Å². The number of hydrogen-bond donors (Lipinski definition) is 1. The summed E-state index contributed by atoms with van der Waals surface area (Å²) in [4.78, 5) is 12.6. The molecule has 1 aromatic rings. The Kier molecular flexibility index (Phi) is 6.68. The van der Waals surface area contributed by atoms with Gasteiger partial charge in [-0.2, -0.15) is 0 Å². The molecule has 0 amide bonds. The largest absolute Gasteiger partial charge is 0.493 e. The van der Waals surface area contributed by atoms with Gasteiger partial charge in [-0.05, 0) is 44.9 Å². The first-order valence-electron chi connectivity index (χ1n) is 7.95. The second kappa shape index (κ2) is 8.51. The summed E-state index contributed by atoms with van der Waals surface area (Å²) < 4.78 is 11.4. The molecule has 0 spiro atoms. The van der Waals surface area contributed by atoms with Crippen molar-refractivity contribution in [2.24, 2.45) is 0 Å². The van der Waals surface area contributed by atoms with Crippen LogP contribution in [0.25, 0.3) is 0 Å². The summed E-state index contributed by atoms with van der Waals surface area (Å²) in [6, 6.07) is 5.12. The minimum Gasteiger partial charge on any atom is -0.493 e. The highest BCUT2D eigenvalue weighted by Crippen LogP contribution is 2.21. The molecule has 4 nitrogen and oxygen atoms in total. The number of carbonyl (C=O) groups excluding carboxylic acids is 1. The lowest BCUT2D eigenvalue weighted by Crippen LogP contribution is -3.15. The molecule has 0 aromatic heterocycles. The van der Waals surface area contributed by atoms with Crippen molar-refractivity contribution in [2.45, 2.75) is 38.9 Å². The summed E-state index contributed by atoms with van der Waals surface area (Å²) in [6.07, 6.45) is 3.56. The number of ether oxygens (including phenoxy) is 2. The standard InChI is InChI=1S/C17H24ClNO3/c1-13-10-19(11-14(2)22-13)7-3-4-8-21-17-6-5-16(18)9-15(17)12-20/h5-6,9,12-14H,3-4,7-8,10-11H2,1-2H3/p+1/t13-,14-/m1/s1. The second-order valence-corrected chi connectivity index (χ2v) is 6.46. The summed E-state index contributed by atoms with van der Waals surface area (Å²) in [7, 11) is 0. The molecule has 2 atom stereocenters. The van der Waals surface area contributed by atoms with Gasteiger partial charge in [-0.1, -0.05) is 11.6 Å². The van der Waals surface area contributed by atoms with Crippen molar-refractivity contribution in [3.8, 4) is 5.75 Å². The number of nitrogens with one attached hydrogen (secondary N) is 1. The number of carbonyl (C=O) groups is 1. The summed E-state index contributed by atoms with van der Waals surface area (Å²) in [5, 5.41) is 0.550. The van der Waals surface area contributed by atoms with Crippen LogP contribution in [0.15, 0.2) is 18.2 Å². The average Bonchev–Trinajstić information content (AvgIpc) is 2.47. The Bertz CT molecular complexity index is 485. The van der Waals surface area contributed by atoms with Crippen molar-refractivity contribution >= 4 is 17.9 Å². The highest BCUT2D eigenvalue weighted by atomic mass is 35.5. The number of halogens is 1. The third-order valence-corrected chi connectivity index (χ3v) is 4.13. The van der Waals surface area contributed by atoms with E-state index in [0.29, 0.717) is 35.2 Å². The van der Waals surface area contributed by atoms with Crippen LogP contribution in [-0.2, 0) is 4.74 Å². The van der Waals surface area contributed by atoms with E-state index in [9.17, 15) is 4.79 Å². The van der Waals surface area contributed by atoms with Gasteiger partial charge < -0.3 is 14.4 Å². The molecule has 1 heterocycles. The van der Waals surface area contributed by atoms with E-state index in [1.54, 1.807) is 23.1 Å². The molecule has 2 rings (SSSR count). The highest BCUT2D eigenvalue weighted by molar-refractivity contribution is 6.30. The summed E-state index contributed by atoms with van der Waals surface area (Å²) >= 11 is 5.86. The molecule has 0 bridgehead atoms. The van der Waals surface area contributed by atoms with Crippen molar-refractivity contribution in [1.82, 2.24) is 0 Å². The van der Waals surface area contributed by atoms with Crippen LogP contribution in [0.1, 0.15) is 37.0 Å². The van der Waals surface area contributed by atoms with Gasteiger partial charge in [0.2, 0.25) is 0 Å². The van der Waals surface area contributed by atoms with E-state index >= 15 is 0 Å². The first kappa shape index (κ1) is 17.3. The number of hydrogen-bond acceptors (Lipinski definition) is 3. The molecule has 122 valence electrons. The highest BCUT2D eigenvalue weighted by Gasteiger charge is 2.24. The van der Waals surface area contributed by atoms with E-state index in [1.165, 1.54) is 0 Å². The predicted octanol–water partition coefficient (Wildman–Crippen LogP) is 2.00. The topological polar surface area (TPSA) is 40.0 Å². The van der Waals surface area contributed by atoms with E-state index in [0.717, 1.165) is 38.8 Å². The zero-order valence-corrected chi connectivity index (χ0v) is 14.1. The molecule has 0 radical (unpaired) electrons. The maximum Gasteiger partial charge on any atom is 0.153 e. The van der Waals surface area contributed by atoms with Gasteiger partial charge in [0.1, 0.15) is 31.0 Å². The van der Waals surface area contributed by atoms with Crippen LogP contribution in [0.3, 0.4) is 0 Å². The minimum atomic E-state index is 0.346. The number of morpholine rings is 1. The number of aldehydes is 1. The maximum atomic E-state index is 11.0. The van der Waals surface area contributed by atoms with Gasteiger partial charge in [0.15, 0.2) is 6.29 Å². The number of unbranched alkanes of at least 4 members (excludes halogenated alkanes) is 1. The lowest BCUT2D eigenvalue weighted by Gasteiger charge is -2.32. The normalized spacial score (nSPS) is 25.0. The maximum absolute atomic E-state index is 11.0. The van der Waals surface area contributed by atoms with Crippen molar-refractivity contribution in [3.05, 3.63) is 28.8 Å². The number of rotatable bonds is 7. The van der Waals surface area contributed by atoms with Crippen LogP contribution < -0.4 is 9.64 Å². The Morgan fingerprint density at radius 2 is 2.05 bits per heavy atom. The Morgan fingerprint density at radius 3 is 2.73 bits per heavy atom. The Balaban J connectivity index is 1.68. The average molecular weight is 327 g/mol. The van der Waals surface area contributed by atoms with Crippen molar-refractivity contribution in [2.75, 3.05) is 26.2 Å². The third-order valence-electron chi connectivity index (χ3n) is 3.90. The molecule has 1 aromatic carbocycles. The minimum absolute atomic E-state index is 0.346. The summed E-state index contributed by atoms with van der Waals surface area (Å²) in [6.45, 7) is 8.20. The molecule has 1 N–H and O–H groups in total. The van der Waals surface area contributed by atoms with Gasteiger partial charge in [0, 0.05) is 5.02 Å². The smallest absolute Gasteiger partial charge is 0.153 e. The first-order chi connectivity index (χ1) is 10.6. The van der Waals surface area contributed by atoms with Gasteiger partial charge in [-0.3, -0.25) is 4.79 Å². The molecule has 22 heavy (non-hydrogen) atoms. The zero-order valence-electron chi connectivity index (χ0n) is 13.3. The molecule has 1 saturated heterocycles. The zero-order chi connectivity index (χ0) is 15.9. The van der Waals surface area contributed by atoms with Crippen LogP contribution in [0.4, 0.5) is 0 Å². The van der Waals surface area contributed by atoms with Crippen molar-refractivity contribution < 1.29 is 19.2 Å². The fraction of sp³-hybridized carbons (Fsp3) is 0.588. The molecule has 5 heteroatoms. The number of quaternary nitrogens is 1. The lowest BCUT2D eigenvalue weighted by molar-refractivity contribution is -0.915. The van der Waals surface area contributed by atoms with Crippen LogP contribution in [0, 0.1) is 0 Å². The third kappa shape index (κ3) is 5.27. The summed E-state index contributed by atoms with van der Waals surface area (Å²) in [5.41, 5.74) is 0.508. The van der Waals surface area contributed by atoms with Crippen molar-refractivity contribution in [1.29, 1.82) is 0 Å². The van der Waals surface area contributed by atoms with Crippen LogP contribution in [0.2, 0.25) is 5.02 Å². The molecule has 0 saturated carbocycles. The van der Waals surface area contributed by atoms with Gasteiger partial charge in [0.05, 0.1) is 18.7 Å². The SMILES string of the molecule is C[C@@H]1C[NH+](CCCCOc2ccc(Cl)cc2C=O)C[C@@H](C)O1. The van der Waals surface area contributed by atoms with Gasteiger partial charge in [0.25, 0.3) is 0 Å². The van der Waals surface area contributed by atoms with E-state index in [2.05, 4.69) is 13.8 Å². The molecule has 0 unspecified atom stereocenters. The van der Waals surface area contributed by atoms with Crippen molar-refractivity contribution in [3.63, 3.8) is 0 Å². The molecule has 0 aliphatic carbocycles. The predicted molar refractivity (Wildman–Crippen MR) is 87.1 cm³/mol. The fourth-order valence-electron chi connectivity index (χ4n) is 3.00. The Morgan fingerprint density at radius 1 is 1.32 bits per heavy atom. The quantitative estimate of drug-likeness (QED) is 0.615. The van der Waals surface area contributed by atoms with E-state index in [1.807, 2.05) is 0 Å². The molecular weight excluding hydrogens is 302 g/mol. The van der Waals surface area contributed by atoms with E-state index in [4.69, 9.17) is 21.1 Å². The summed E-state index contributed by atoms with van der Waals surface area (Å²) in [5.74, 6) is 0.611. The molecular formula is C17H25ClNO3+. The van der Waals surface area contributed by atoms with E-state index < -0.39 is 0 Å². The number of benzene rings is 1. The second-order valence-electron chi connectivity index (χ2n) is 6.02. The molecule has 1 aliphatic heterocycles. The van der Waals surface area contributed by atoms with Gasteiger partial charge in [-0.15, -0.1) is 0 Å². The fourth-order valence-corrected chi connectivity index (χ4v) is 3.18. The first-order valence-corrected chi connectivity index (χ1v) is 8.33. The van der Waals surface area contributed by atoms with Crippen LogP contribution in [0.5, 0.6) is 5.75 Å². The monoisotopic (exact) mass is 326 g/mol. The van der Waals surface area contributed by atoms with Gasteiger partial charge in [-0.25, -0.2) is 0 Å². The van der Waals surface area contributed by atoms with E-state index in [-0.39, 0.29) is 0 Å². The molecule has 1 fully saturated rings. The Hall–Kier alpha value is -1.10. The van der Waals surface area contributed by atoms with Gasteiger partial charge >= 0.3 is 0 Å². The lowest BCUT2D eigenvalue weighted by atomic mass is 10.2. The molecule has 1 aliphatic rings. The van der Waals surface area contributed by atoms with Crippen LogP contribution in [-0.4, -0.2) is 44.7 Å².